The van der Waals surface area contributed by atoms with Crippen molar-refractivity contribution in [3.8, 4) is 6.07 Å². The molecule has 0 fully saturated rings. The first-order chi connectivity index (χ1) is 8.70. The summed E-state index contributed by atoms with van der Waals surface area (Å²) in [5.74, 6) is 0. The van der Waals surface area contributed by atoms with Crippen molar-refractivity contribution in [3.05, 3.63) is 49.6 Å². The monoisotopic (exact) mass is 340 g/mol. The first kappa shape index (κ1) is 13.4. The maximum Gasteiger partial charge on any atom is 0.103 e. The topological polar surface area (TPSA) is 35.8 Å². The van der Waals surface area contributed by atoms with Crippen molar-refractivity contribution in [2.24, 2.45) is 0 Å². The zero-order valence-electron chi connectivity index (χ0n) is 9.41. The minimum absolute atomic E-state index is 0.487. The molecular formula is C13H10BrClN2S. The Morgan fingerprint density at radius 1 is 1.33 bits per heavy atom. The highest BCUT2D eigenvalue weighted by Crippen LogP contribution is 2.24. The van der Waals surface area contributed by atoms with E-state index in [9.17, 15) is 0 Å². The minimum Gasteiger partial charge on any atom is -0.384 e. The third-order valence-corrected chi connectivity index (χ3v) is 4.44. The van der Waals surface area contributed by atoms with E-state index in [1.807, 2.05) is 18.2 Å². The molecule has 18 heavy (non-hydrogen) atoms. The molecule has 0 saturated heterocycles. The van der Waals surface area contributed by atoms with Crippen molar-refractivity contribution in [3.63, 3.8) is 0 Å². The van der Waals surface area contributed by atoms with E-state index in [0.29, 0.717) is 10.6 Å². The van der Waals surface area contributed by atoms with E-state index in [2.05, 4.69) is 33.4 Å². The van der Waals surface area contributed by atoms with Crippen LogP contribution in [0.2, 0.25) is 5.02 Å². The number of rotatable bonds is 4. The summed E-state index contributed by atoms with van der Waals surface area (Å²) in [4.78, 5) is 1.30. The van der Waals surface area contributed by atoms with Gasteiger partial charge in [0.05, 0.1) is 20.1 Å². The van der Waals surface area contributed by atoms with Gasteiger partial charge in [-0.1, -0.05) is 17.7 Å². The molecule has 0 unspecified atom stereocenters. The van der Waals surface area contributed by atoms with Crippen LogP contribution < -0.4 is 5.32 Å². The quantitative estimate of drug-likeness (QED) is 0.875. The Morgan fingerprint density at radius 2 is 2.17 bits per heavy atom. The molecule has 0 aliphatic rings. The Kier molecular flexibility index (Phi) is 4.65. The zero-order valence-corrected chi connectivity index (χ0v) is 12.6. The van der Waals surface area contributed by atoms with E-state index >= 15 is 0 Å². The minimum atomic E-state index is 0.487. The largest absolute Gasteiger partial charge is 0.384 e. The number of hydrogen-bond donors (Lipinski definition) is 1. The van der Waals surface area contributed by atoms with E-state index in [1.54, 1.807) is 17.4 Å². The third-order valence-electron chi connectivity index (χ3n) is 2.44. The number of halogens is 2. The van der Waals surface area contributed by atoms with Crippen molar-refractivity contribution in [2.75, 3.05) is 11.9 Å². The van der Waals surface area contributed by atoms with Gasteiger partial charge in [0.15, 0.2) is 0 Å². The zero-order chi connectivity index (χ0) is 13.0. The average Bonchev–Trinajstić information content (AvgIpc) is 2.75. The molecule has 1 heterocycles. The van der Waals surface area contributed by atoms with Gasteiger partial charge >= 0.3 is 0 Å². The average molecular weight is 342 g/mol. The van der Waals surface area contributed by atoms with Gasteiger partial charge in [-0.2, -0.15) is 5.26 Å². The van der Waals surface area contributed by atoms with Crippen LogP contribution in [-0.4, -0.2) is 6.54 Å². The lowest BCUT2D eigenvalue weighted by Gasteiger charge is -2.08. The van der Waals surface area contributed by atoms with Gasteiger partial charge in [0, 0.05) is 11.4 Å². The predicted molar refractivity (Wildman–Crippen MR) is 80.4 cm³/mol. The van der Waals surface area contributed by atoms with Crippen molar-refractivity contribution in [1.29, 1.82) is 5.26 Å². The van der Waals surface area contributed by atoms with Crippen molar-refractivity contribution >= 4 is 44.6 Å². The molecule has 5 heteroatoms. The molecule has 2 aromatic rings. The fourth-order valence-corrected chi connectivity index (χ4v) is 3.29. The molecule has 0 aliphatic heterocycles. The summed E-state index contributed by atoms with van der Waals surface area (Å²) in [6.07, 6.45) is 0.924. The van der Waals surface area contributed by atoms with E-state index in [1.165, 1.54) is 4.88 Å². The maximum absolute atomic E-state index is 9.04. The van der Waals surface area contributed by atoms with Crippen LogP contribution in [0.3, 0.4) is 0 Å². The molecule has 1 N–H and O–H groups in total. The molecule has 0 bridgehead atoms. The van der Waals surface area contributed by atoms with Crippen LogP contribution in [0, 0.1) is 11.3 Å². The normalized spacial score (nSPS) is 10.1. The summed E-state index contributed by atoms with van der Waals surface area (Å²) in [6, 6.07) is 11.7. The second kappa shape index (κ2) is 6.24. The van der Waals surface area contributed by atoms with Gasteiger partial charge in [-0.25, -0.2) is 0 Å². The van der Waals surface area contributed by atoms with Gasteiger partial charge in [-0.05, 0) is 46.6 Å². The molecule has 1 aromatic heterocycles. The molecular weight excluding hydrogens is 332 g/mol. The second-order valence-corrected chi connectivity index (χ2v) is 6.61. The van der Waals surface area contributed by atoms with Gasteiger partial charge < -0.3 is 5.32 Å². The molecule has 0 amide bonds. The first-order valence-electron chi connectivity index (χ1n) is 5.37. The van der Waals surface area contributed by atoms with Gasteiger partial charge in [0.2, 0.25) is 0 Å². The van der Waals surface area contributed by atoms with E-state index in [4.69, 9.17) is 16.9 Å². The molecule has 0 spiro atoms. The van der Waals surface area contributed by atoms with Gasteiger partial charge in [0.25, 0.3) is 0 Å². The lowest BCUT2D eigenvalue weighted by atomic mass is 10.2. The summed E-state index contributed by atoms with van der Waals surface area (Å²) >= 11 is 11.1. The van der Waals surface area contributed by atoms with E-state index < -0.39 is 0 Å². The molecule has 0 atom stereocenters. The van der Waals surface area contributed by atoms with Crippen molar-refractivity contribution < 1.29 is 0 Å². The van der Waals surface area contributed by atoms with Crippen LogP contribution >= 0.6 is 38.9 Å². The fraction of sp³-hybridized carbons (Fsp3) is 0.154. The standard InChI is InChI=1S/C13H10BrClN2S/c14-13-5-4-9(18-13)6-7-17-12-3-1-2-11(15)10(12)8-16/h1-5,17H,6-7H2. The SMILES string of the molecule is N#Cc1c(Cl)cccc1NCCc1ccc(Br)s1. The second-order valence-electron chi connectivity index (χ2n) is 3.66. The van der Waals surface area contributed by atoms with E-state index in [-0.39, 0.29) is 0 Å². The highest BCUT2D eigenvalue weighted by molar-refractivity contribution is 9.11. The molecule has 2 rings (SSSR count). The molecule has 0 saturated carbocycles. The van der Waals surface area contributed by atoms with Crippen molar-refractivity contribution in [2.45, 2.75) is 6.42 Å². The van der Waals surface area contributed by atoms with Gasteiger partial charge in [-0.3, -0.25) is 0 Å². The van der Waals surface area contributed by atoms with Crippen molar-refractivity contribution in [1.82, 2.24) is 0 Å². The van der Waals surface area contributed by atoms with E-state index in [0.717, 1.165) is 22.4 Å². The predicted octanol–water partition coefficient (Wildman–Crippen LogP) is 4.69. The number of nitriles is 1. The Morgan fingerprint density at radius 3 is 2.83 bits per heavy atom. The summed E-state index contributed by atoms with van der Waals surface area (Å²) in [6.45, 7) is 0.780. The lowest BCUT2D eigenvalue weighted by Crippen LogP contribution is -2.05. The number of benzene rings is 1. The highest BCUT2D eigenvalue weighted by Gasteiger charge is 2.05. The van der Waals surface area contributed by atoms with Crippen LogP contribution in [-0.2, 0) is 6.42 Å². The number of nitrogens with zero attached hydrogens (tertiary/aromatic N) is 1. The molecule has 1 aromatic carbocycles. The summed E-state index contributed by atoms with van der Waals surface area (Å²) < 4.78 is 1.14. The molecule has 2 nitrogen and oxygen atoms in total. The Hall–Kier alpha value is -1.02. The summed E-state index contributed by atoms with van der Waals surface area (Å²) in [5.41, 5.74) is 1.30. The fourth-order valence-electron chi connectivity index (χ4n) is 1.59. The first-order valence-corrected chi connectivity index (χ1v) is 7.36. The number of thiophene rings is 1. The number of nitrogens with one attached hydrogen (secondary N) is 1. The summed E-state index contributed by atoms with van der Waals surface area (Å²) in [5, 5.41) is 12.8. The number of anilines is 1. The van der Waals surface area contributed by atoms with Crippen LogP contribution in [0.5, 0.6) is 0 Å². The van der Waals surface area contributed by atoms with Crippen LogP contribution in [0.4, 0.5) is 5.69 Å². The molecule has 0 radical (unpaired) electrons. The number of hydrogen-bond acceptors (Lipinski definition) is 3. The Labute approximate surface area is 123 Å². The van der Waals surface area contributed by atoms with Crippen LogP contribution in [0.15, 0.2) is 34.1 Å². The van der Waals surface area contributed by atoms with Gasteiger partial charge in [0.1, 0.15) is 6.07 Å². The molecule has 0 aliphatic carbocycles. The summed E-state index contributed by atoms with van der Waals surface area (Å²) in [7, 11) is 0. The van der Waals surface area contributed by atoms with Crippen LogP contribution in [0.25, 0.3) is 0 Å². The maximum atomic E-state index is 9.04. The Bertz CT molecular complexity index is 589. The highest BCUT2D eigenvalue weighted by atomic mass is 79.9. The van der Waals surface area contributed by atoms with Crippen LogP contribution in [0.1, 0.15) is 10.4 Å². The smallest absolute Gasteiger partial charge is 0.103 e. The Balaban J connectivity index is 1.99. The third kappa shape index (κ3) is 3.26. The lowest BCUT2D eigenvalue weighted by molar-refractivity contribution is 1.04. The molecule has 92 valence electrons. The van der Waals surface area contributed by atoms with Gasteiger partial charge in [-0.15, -0.1) is 11.3 Å².